The maximum Gasteiger partial charge on any atom is 0.277 e. The molecule has 1 fully saturated rings. The van der Waals surface area contributed by atoms with Crippen molar-refractivity contribution in [2.75, 3.05) is 18.1 Å². The van der Waals surface area contributed by atoms with Crippen LogP contribution in [0.2, 0.25) is 0 Å². The fourth-order valence-electron chi connectivity index (χ4n) is 1.61. The number of thioether (sulfide) groups is 1. The van der Waals surface area contributed by atoms with Gasteiger partial charge in [-0.1, -0.05) is 5.16 Å². The monoisotopic (exact) mass is 284 g/mol. The van der Waals surface area contributed by atoms with E-state index in [4.69, 9.17) is 15.0 Å². The van der Waals surface area contributed by atoms with Crippen molar-refractivity contribution in [1.82, 2.24) is 15.1 Å². The standard InChI is InChI=1S/C10H12N4O2S2/c11-3-8-12-6(4-18-8)10-13-9(14-16-10)7-5-17-2-1-15-7/h4,7H,1-3,5,11H2. The molecule has 1 saturated heterocycles. The Morgan fingerprint density at radius 3 is 3.11 bits per heavy atom. The molecule has 1 aliphatic rings. The summed E-state index contributed by atoms with van der Waals surface area (Å²) in [4.78, 5) is 8.65. The van der Waals surface area contributed by atoms with Crippen molar-refractivity contribution in [3.8, 4) is 11.6 Å². The number of hydrogen-bond acceptors (Lipinski definition) is 8. The zero-order chi connectivity index (χ0) is 12.4. The number of nitrogens with zero attached hydrogens (tertiary/aromatic N) is 3. The number of rotatable bonds is 3. The first-order chi connectivity index (χ1) is 8.86. The van der Waals surface area contributed by atoms with Gasteiger partial charge in [0.2, 0.25) is 5.82 Å². The lowest BCUT2D eigenvalue weighted by Crippen LogP contribution is -2.16. The third kappa shape index (κ3) is 2.41. The first-order valence-corrected chi connectivity index (χ1v) is 7.58. The average molecular weight is 284 g/mol. The summed E-state index contributed by atoms with van der Waals surface area (Å²) in [6.45, 7) is 1.15. The van der Waals surface area contributed by atoms with E-state index in [0.29, 0.717) is 24.0 Å². The van der Waals surface area contributed by atoms with E-state index in [-0.39, 0.29) is 6.10 Å². The molecule has 0 spiro atoms. The Bertz CT molecular complexity index is 521. The smallest absolute Gasteiger partial charge is 0.277 e. The van der Waals surface area contributed by atoms with Gasteiger partial charge in [-0.25, -0.2) is 4.98 Å². The first-order valence-electron chi connectivity index (χ1n) is 5.54. The van der Waals surface area contributed by atoms with Gasteiger partial charge in [-0.3, -0.25) is 0 Å². The summed E-state index contributed by atoms with van der Waals surface area (Å²) in [6.07, 6.45) is -0.0751. The van der Waals surface area contributed by atoms with Crippen LogP contribution in [-0.2, 0) is 11.3 Å². The summed E-state index contributed by atoms with van der Waals surface area (Å²) in [5.74, 6) is 2.91. The van der Waals surface area contributed by atoms with Gasteiger partial charge in [-0.05, 0) is 0 Å². The van der Waals surface area contributed by atoms with E-state index in [1.165, 1.54) is 11.3 Å². The first kappa shape index (κ1) is 12.1. The van der Waals surface area contributed by atoms with Crippen molar-refractivity contribution >= 4 is 23.1 Å². The molecule has 6 nitrogen and oxygen atoms in total. The second kappa shape index (κ2) is 5.35. The Hall–Kier alpha value is -0.960. The summed E-state index contributed by atoms with van der Waals surface area (Å²) in [7, 11) is 0. The molecular formula is C10H12N4O2S2. The van der Waals surface area contributed by atoms with Crippen molar-refractivity contribution < 1.29 is 9.26 Å². The molecule has 0 aliphatic carbocycles. The van der Waals surface area contributed by atoms with Gasteiger partial charge in [-0.2, -0.15) is 16.7 Å². The predicted octanol–water partition coefficient (Wildman–Crippen LogP) is 1.46. The van der Waals surface area contributed by atoms with Crippen molar-refractivity contribution in [3.05, 3.63) is 16.2 Å². The number of ether oxygens (including phenoxy) is 1. The quantitative estimate of drug-likeness (QED) is 0.912. The van der Waals surface area contributed by atoms with E-state index < -0.39 is 0 Å². The summed E-state index contributed by atoms with van der Waals surface area (Å²) >= 11 is 3.32. The van der Waals surface area contributed by atoms with Crippen molar-refractivity contribution in [2.24, 2.45) is 5.73 Å². The highest BCUT2D eigenvalue weighted by atomic mass is 32.2. The lowest BCUT2D eigenvalue weighted by atomic mass is 10.4. The highest BCUT2D eigenvalue weighted by molar-refractivity contribution is 7.99. The lowest BCUT2D eigenvalue weighted by molar-refractivity contribution is 0.0677. The van der Waals surface area contributed by atoms with E-state index in [1.54, 1.807) is 0 Å². The van der Waals surface area contributed by atoms with Crippen molar-refractivity contribution in [3.63, 3.8) is 0 Å². The minimum atomic E-state index is -0.0751. The van der Waals surface area contributed by atoms with Gasteiger partial charge in [0, 0.05) is 23.4 Å². The van der Waals surface area contributed by atoms with E-state index in [9.17, 15) is 0 Å². The molecule has 2 N–H and O–H groups in total. The predicted molar refractivity (Wildman–Crippen MR) is 69.3 cm³/mol. The molecule has 1 unspecified atom stereocenters. The number of aromatic nitrogens is 3. The van der Waals surface area contributed by atoms with Gasteiger partial charge in [0.15, 0.2) is 0 Å². The fourth-order valence-corrected chi connectivity index (χ4v) is 3.10. The third-order valence-corrected chi connectivity index (χ3v) is 4.36. The zero-order valence-corrected chi connectivity index (χ0v) is 11.2. The lowest BCUT2D eigenvalue weighted by Gasteiger charge is -2.18. The summed E-state index contributed by atoms with van der Waals surface area (Å²) < 4.78 is 10.8. The topological polar surface area (TPSA) is 87.1 Å². The van der Waals surface area contributed by atoms with Crippen LogP contribution >= 0.6 is 23.1 Å². The summed E-state index contributed by atoms with van der Waals surface area (Å²) in [6, 6.07) is 0. The van der Waals surface area contributed by atoms with Crippen molar-refractivity contribution in [2.45, 2.75) is 12.6 Å². The maximum atomic E-state index is 5.60. The number of nitrogens with two attached hydrogens (primary N) is 1. The SMILES string of the molecule is NCc1nc(-c2nc(C3CSCCO3)no2)cs1. The normalized spacial score (nSPS) is 20.2. The molecule has 96 valence electrons. The molecule has 1 atom stereocenters. The fraction of sp³-hybridized carbons (Fsp3) is 0.500. The van der Waals surface area contributed by atoms with Gasteiger partial charge in [0.25, 0.3) is 5.89 Å². The third-order valence-electron chi connectivity index (χ3n) is 2.49. The minimum Gasteiger partial charge on any atom is -0.368 e. The van der Waals surface area contributed by atoms with Gasteiger partial charge in [0.05, 0.1) is 6.61 Å². The average Bonchev–Trinajstić information content (AvgIpc) is 3.08. The van der Waals surface area contributed by atoms with Crippen LogP contribution in [0.5, 0.6) is 0 Å². The molecule has 0 bridgehead atoms. The van der Waals surface area contributed by atoms with Gasteiger partial charge < -0.3 is 15.0 Å². The highest BCUT2D eigenvalue weighted by Crippen LogP contribution is 2.27. The van der Waals surface area contributed by atoms with Crippen LogP contribution < -0.4 is 5.73 Å². The molecule has 2 aromatic heterocycles. The Balaban J connectivity index is 1.79. The van der Waals surface area contributed by atoms with Crippen LogP contribution in [0.1, 0.15) is 16.9 Å². The Labute approximate surface area is 112 Å². The van der Waals surface area contributed by atoms with Crippen LogP contribution in [0.4, 0.5) is 0 Å². The molecule has 0 amide bonds. The maximum absolute atomic E-state index is 5.60. The van der Waals surface area contributed by atoms with E-state index >= 15 is 0 Å². The van der Waals surface area contributed by atoms with Crippen LogP contribution in [0.15, 0.2) is 9.90 Å². The van der Waals surface area contributed by atoms with Crippen LogP contribution in [0.25, 0.3) is 11.6 Å². The van der Waals surface area contributed by atoms with E-state index in [1.807, 2.05) is 17.1 Å². The molecule has 3 rings (SSSR count). The molecule has 3 heterocycles. The molecule has 2 aromatic rings. The molecule has 8 heteroatoms. The van der Waals surface area contributed by atoms with Gasteiger partial charge in [0.1, 0.15) is 16.8 Å². The van der Waals surface area contributed by atoms with Gasteiger partial charge in [-0.15, -0.1) is 11.3 Å². The molecule has 0 aromatic carbocycles. The molecule has 0 saturated carbocycles. The zero-order valence-electron chi connectivity index (χ0n) is 9.54. The van der Waals surface area contributed by atoms with Crippen LogP contribution in [-0.4, -0.2) is 33.2 Å². The molecule has 1 aliphatic heterocycles. The minimum absolute atomic E-state index is 0.0751. The van der Waals surface area contributed by atoms with Gasteiger partial charge >= 0.3 is 0 Å². The summed E-state index contributed by atoms with van der Waals surface area (Å²) in [5, 5.41) is 6.69. The largest absolute Gasteiger partial charge is 0.368 e. The van der Waals surface area contributed by atoms with Crippen LogP contribution in [0.3, 0.4) is 0 Å². The van der Waals surface area contributed by atoms with E-state index in [2.05, 4.69) is 15.1 Å². The summed E-state index contributed by atoms with van der Waals surface area (Å²) in [5.41, 5.74) is 6.20. The number of thiazole rings is 1. The molecular weight excluding hydrogens is 272 g/mol. The van der Waals surface area contributed by atoms with Crippen LogP contribution in [0, 0.1) is 0 Å². The Kier molecular flexibility index (Phi) is 3.59. The Morgan fingerprint density at radius 1 is 1.44 bits per heavy atom. The second-order valence-corrected chi connectivity index (χ2v) is 5.82. The molecule has 0 radical (unpaired) electrons. The Morgan fingerprint density at radius 2 is 2.39 bits per heavy atom. The number of hydrogen-bond donors (Lipinski definition) is 1. The van der Waals surface area contributed by atoms with Crippen molar-refractivity contribution in [1.29, 1.82) is 0 Å². The second-order valence-electron chi connectivity index (χ2n) is 3.72. The van der Waals surface area contributed by atoms with E-state index in [0.717, 1.165) is 23.1 Å². The highest BCUT2D eigenvalue weighted by Gasteiger charge is 2.23. The molecule has 18 heavy (non-hydrogen) atoms.